The summed E-state index contributed by atoms with van der Waals surface area (Å²) in [6, 6.07) is 7.95. The second kappa shape index (κ2) is 7.08. The number of carbonyl (C=O) groups is 1. The van der Waals surface area contributed by atoms with Gasteiger partial charge in [0.05, 0.1) is 11.9 Å². The lowest BCUT2D eigenvalue weighted by atomic mass is 10.1. The monoisotopic (exact) mass is 378 g/mol. The maximum atomic E-state index is 12.5. The third-order valence-corrected chi connectivity index (χ3v) is 5.27. The van der Waals surface area contributed by atoms with Gasteiger partial charge < -0.3 is 0 Å². The molecule has 1 saturated heterocycles. The Hall–Kier alpha value is -1.40. The van der Waals surface area contributed by atoms with Crippen LogP contribution in [0.1, 0.15) is 18.4 Å². The summed E-state index contributed by atoms with van der Waals surface area (Å²) in [7, 11) is 0. The first-order valence-corrected chi connectivity index (χ1v) is 9.37. The van der Waals surface area contributed by atoms with Gasteiger partial charge in [-0.15, -0.1) is 0 Å². The van der Waals surface area contributed by atoms with Crippen molar-refractivity contribution < 1.29 is 4.79 Å². The first-order valence-electron chi connectivity index (χ1n) is 8.62. The van der Waals surface area contributed by atoms with Gasteiger partial charge >= 0.3 is 0 Å². The Bertz CT molecular complexity index is 801. The second-order valence-electron chi connectivity index (χ2n) is 6.73. The maximum Gasteiger partial charge on any atom is 0.238 e. The van der Waals surface area contributed by atoms with Gasteiger partial charge in [0.2, 0.25) is 5.91 Å². The van der Waals surface area contributed by atoms with E-state index in [1.165, 1.54) is 12.8 Å². The fourth-order valence-electron chi connectivity index (χ4n) is 3.41. The van der Waals surface area contributed by atoms with Gasteiger partial charge in [-0.3, -0.25) is 15.1 Å². The molecular formula is C18H20Cl2N4O. The molecule has 2 heterocycles. The fourth-order valence-corrected chi connectivity index (χ4v) is 3.80. The van der Waals surface area contributed by atoms with Crippen molar-refractivity contribution in [3.05, 3.63) is 40.0 Å². The summed E-state index contributed by atoms with van der Waals surface area (Å²) in [4.78, 5) is 19.3. The molecule has 2 aromatic rings. The van der Waals surface area contributed by atoms with Crippen LogP contribution in [0.5, 0.6) is 0 Å². The third kappa shape index (κ3) is 4.06. The molecule has 1 aliphatic heterocycles. The molecule has 0 radical (unpaired) electrons. The van der Waals surface area contributed by atoms with Crippen LogP contribution in [0.3, 0.4) is 0 Å². The van der Waals surface area contributed by atoms with Gasteiger partial charge in [-0.05, 0) is 42.7 Å². The number of hydrogen-bond donors (Lipinski definition) is 1. The van der Waals surface area contributed by atoms with Crippen LogP contribution in [0.4, 0.5) is 0 Å². The molecule has 4 rings (SSSR count). The van der Waals surface area contributed by atoms with Gasteiger partial charge in [-0.25, -0.2) is 9.99 Å². The van der Waals surface area contributed by atoms with E-state index in [1.807, 2.05) is 17.1 Å². The minimum atomic E-state index is -0.0385. The first kappa shape index (κ1) is 17.0. The van der Waals surface area contributed by atoms with E-state index in [9.17, 15) is 4.79 Å². The van der Waals surface area contributed by atoms with Crippen LogP contribution >= 0.6 is 23.2 Å². The number of pyridine rings is 1. The van der Waals surface area contributed by atoms with E-state index in [-0.39, 0.29) is 12.3 Å². The lowest BCUT2D eigenvalue weighted by molar-refractivity contribution is -0.126. The summed E-state index contributed by atoms with van der Waals surface area (Å²) in [5.74, 6) is -0.0385. The van der Waals surface area contributed by atoms with Crippen LogP contribution < -0.4 is 5.43 Å². The fraction of sp³-hybridized carbons (Fsp3) is 0.444. The van der Waals surface area contributed by atoms with Crippen LogP contribution in [0.15, 0.2) is 24.3 Å². The number of benzene rings is 1. The van der Waals surface area contributed by atoms with Crippen LogP contribution in [-0.4, -0.2) is 53.0 Å². The van der Waals surface area contributed by atoms with Gasteiger partial charge in [0.1, 0.15) is 5.15 Å². The Morgan fingerprint density at radius 1 is 1.16 bits per heavy atom. The van der Waals surface area contributed by atoms with E-state index in [2.05, 4.69) is 15.3 Å². The number of hydrazine groups is 1. The Morgan fingerprint density at radius 2 is 1.92 bits per heavy atom. The highest BCUT2D eigenvalue weighted by atomic mass is 35.5. The zero-order valence-corrected chi connectivity index (χ0v) is 15.4. The molecule has 1 amide bonds. The van der Waals surface area contributed by atoms with Crippen LogP contribution in [-0.2, 0) is 11.2 Å². The summed E-state index contributed by atoms with van der Waals surface area (Å²) in [6.07, 6.45) is 2.90. The molecule has 132 valence electrons. The molecule has 0 bridgehead atoms. The summed E-state index contributed by atoms with van der Waals surface area (Å²) in [5, 5.41) is 3.88. The minimum Gasteiger partial charge on any atom is -0.298 e. The number of nitrogens with zero attached hydrogens (tertiary/aromatic N) is 3. The predicted molar refractivity (Wildman–Crippen MR) is 99.8 cm³/mol. The highest BCUT2D eigenvalue weighted by Crippen LogP contribution is 2.27. The Balaban J connectivity index is 1.42. The van der Waals surface area contributed by atoms with E-state index in [0.717, 1.165) is 48.7 Å². The Morgan fingerprint density at radius 3 is 2.64 bits per heavy atom. The predicted octanol–water partition coefficient (Wildman–Crippen LogP) is 2.90. The van der Waals surface area contributed by atoms with Gasteiger partial charge in [-0.1, -0.05) is 23.2 Å². The number of hydrogen-bond acceptors (Lipinski definition) is 4. The zero-order valence-electron chi connectivity index (χ0n) is 13.8. The van der Waals surface area contributed by atoms with Crippen molar-refractivity contribution in [1.82, 2.24) is 20.3 Å². The van der Waals surface area contributed by atoms with Crippen LogP contribution in [0, 0.1) is 0 Å². The molecule has 1 aromatic heterocycles. The standard InChI is InChI=1S/C18H20Cl2N4O/c19-13-1-4-16-15(11-13)12(9-17(20)21-16)10-18(25)22-24-7-5-23(6-8-24)14-2-3-14/h1,4,9,11,14H,2-3,5-8,10H2,(H,22,25). The van der Waals surface area contributed by atoms with Crippen molar-refractivity contribution in [3.8, 4) is 0 Å². The second-order valence-corrected chi connectivity index (χ2v) is 7.56. The molecular weight excluding hydrogens is 359 g/mol. The number of nitrogens with one attached hydrogen (secondary N) is 1. The number of amides is 1. The molecule has 7 heteroatoms. The molecule has 0 atom stereocenters. The van der Waals surface area contributed by atoms with Gasteiger partial charge in [-0.2, -0.15) is 0 Å². The zero-order chi connectivity index (χ0) is 17.4. The van der Waals surface area contributed by atoms with E-state index < -0.39 is 0 Å². The molecule has 2 aliphatic rings. The van der Waals surface area contributed by atoms with Crippen molar-refractivity contribution >= 4 is 40.0 Å². The number of halogens is 2. The number of fused-ring (bicyclic) bond motifs is 1. The van der Waals surface area contributed by atoms with Crippen LogP contribution in [0.2, 0.25) is 10.2 Å². The van der Waals surface area contributed by atoms with Gasteiger partial charge in [0.25, 0.3) is 0 Å². The van der Waals surface area contributed by atoms with Crippen LogP contribution in [0.25, 0.3) is 10.9 Å². The Labute approximate surface area is 156 Å². The van der Waals surface area contributed by atoms with Crippen molar-refractivity contribution in [2.75, 3.05) is 26.2 Å². The van der Waals surface area contributed by atoms with Crippen molar-refractivity contribution in [3.63, 3.8) is 0 Å². The molecule has 2 fully saturated rings. The average Bonchev–Trinajstić information content (AvgIpc) is 3.41. The van der Waals surface area contributed by atoms with Gasteiger partial charge in [0.15, 0.2) is 0 Å². The largest absolute Gasteiger partial charge is 0.298 e. The van der Waals surface area contributed by atoms with E-state index >= 15 is 0 Å². The highest BCUT2D eigenvalue weighted by Gasteiger charge is 2.31. The van der Waals surface area contributed by atoms with E-state index in [4.69, 9.17) is 23.2 Å². The van der Waals surface area contributed by atoms with E-state index in [0.29, 0.717) is 10.2 Å². The molecule has 1 aromatic carbocycles. The quantitative estimate of drug-likeness (QED) is 0.830. The highest BCUT2D eigenvalue weighted by molar-refractivity contribution is 6.32. The van der Waals surface area contributed by atoms with Gasteiger partial charge in [0, 0.05) is 42.6 Å². The van der Waals surface area contributed by atoms with Crippen molar-refractivity contribution in [2.24, 2.45) is 0 Å². The summed E-state index contributed by atoms with van der Waals surface area (Å²) >= 11 is 12.2. The molecule has 1 N–H and O–H groups in total. The molecule has 0 unspecified atom stereocenters. The SMILES string of the molecule is O=C(Cc1cc(Cl)nc2ccc(Cl)cc12)NN1CCN(C2CC2)CC1. The topological polar surface area (TPSA) is 48.5 Å². The smallest absolute Gasteiger partial charge is 0.238 e. The average molecular weight is 379 g/mol. The van der Waals surface area contributed by atoms with Crippen molar-refractivity contribution in [2.45, 2.75) is 25.3 Å². The first-order chi connectivity index (χ1) is 12.1. The number of aromatic nitrogens is 1. The van der Waals surface area contributed by atoms with Crippen molar-refractivity contribution in [1.29, 1.82) is 0 Å². The third-order valence-electron chi connectivity index (χ3n) is 4.84. The Kier molecular flexibility index (Phi) is 4.82. The number of rotatable bonds is 4. The summed E-state index contributed by atoms with van der Waals surface area (Å²) in [5.41, 5.74) is 4.60. The lowest BCUT2D eigenvalue weighted by Gasteiger charge is -2.34. The molecule has 1 aliphatic carbocycles. The summed E-state index contributed by atoms with van der Waals surface area (Å²) < 4.78 is 0. The lowest BCUT2D eigenvalue weighted by Crippen LogP contribution is -2.54. The summed E-state index contributed by atoms with van der Waals surface area (Å²) in [6.45, 7) is 3.77. The normalized spacial score (nSPS) is 19.3. The number of piperazine rings is 1. The maximum absolute atomic E-state index is 12.5. The molecule has 25 heavy (non-hydrogen) atoms. The molecule has 1 saturated carbocycles. The molecule has 0 spiro atoms. The molecule has 5 nitrogen and oxygen atoms in total. The van der Waals surface area contributed by atoms with E-state index in [1.54, 1.807) is 12.1 Å². The minimum absolute atomic E-state index is 0.0385. The number of carbonyl (C=O) groups excluding carboxylic acids is 1.